The van der Waals surface area contributed by atoms with Gasteiger partial charge in [0.15, 0.2) is 0 Å². The van der Waals surface area contributed by atoms with E-state index in [0.717, 1.165) is 0 Å². The molecule has 0 bridgehead atoms. The molecule has 1 aliphatic heterocycles. The van der Waals surface area contributed by atoms with E-state index in [0.29, 0.717) is 17.6 Å². The molecule has 1 rings (SSSR count). The summed E-state index contributed by atoms with van der Waals surface area (Å²) in [6, 6.07) is 0. The molecule has 0 aromatic rings. The zero-order chi connectivity index (χ0) is 10.6. The minimum absolute atomic E-state index is 0.361. The van der Waals surface area contributed by atoms with E-state index in [2.05, 4.69) is 4.74 Å². The van der Waals surface area contributed by atoms with Crippen LogP contribution in [0.1, 0.15) is 20.3 Å². The SMILES string of the molecule is CC=CC/C=C1/C(=O)OC(=O)/C1=C/C. The van der Waals surface area contributed by atoms with Crippen LogP contribution < -0.4 is 0 Å². The van der Waals surface area contributed by atoms with Gasteiger partial charge in [-0.1, -0.05) is 24.3 Å². The van der Waals surface area contributed by atoms with Crippen molar-refractivity contribution in [3.8, 4) is 0 Å². The smallest absolute Gasteiger partial charge is 0.346 e. The van der Waals surface area contributed by atoms with Crippen LogP contribution in [-0.2, 0) is 14.3 Å². The molecule has 0 amide bonds. The van der Waals surface area contributed by atoms with E-state index in [1.165, 1.54) is 0 Å². The number of hydrogen-bond donors (Lipinski definition) is 0. The van der Waals surface area contributed by atoms with Gasteiger partial charge in [-0.2, -0.15) is 0 Å². The minimum Gasteiger partial charge on any atom is -0.386 e. The van der Waals surface area contributed by atoms with Crippen molar-refractivity contribution >= 4 is 11.9 Å². The Bertz CT molecular complexity index is 346. The first kappa shape index (κ1) is 10.4. The molecule has 0 aliphatic carbocycles. The highest BCUT2D eigenvalue weighted by molar-refractivity contribution is 6.18. The van der Waals surface area contributed by atoms with Gasteiger partial charge < -0.3 is 4.74 Å². The number of cyclic esters (lactones) is 2. The Morgan fingerprint density at radius 3 is 2.36 bits per heavy atom. The van der Waals surface area contributed by atoms with Crippen LogP contribution in [0, 0.1) is 0 Å². The zero-order valence-electron chi connectivity index (χ0n) is 8.24. The minimum atomic E-state index is -0.552. The lowest BCUT2D eigenvalue weighted by molar-refractivity contribution is -0.149. The Balaban J connectivity index is 2.91. The van der Waals surface area contributed by atoms with Crippen molar-refractivity contribution < 1.29 is 14.3 Å². The number of carbonyl (C=O) groups excluding carboxylic acids is 2. The maximum Gasteiger partial charge on any atom is 0.346 e. The highest BCUT2D eigenvalue weighted by atomic mass is 16.6. The third-order valence-corrected chi connectivity index (χ3v) is 1.90. The van der Waals surface area contributed by atoms with Gasteiger partial charge >= 0.3 is 11.9 Å². The summed E-state index contributed by atoms with van der Waals surface area (Å²) in [5.41, 5.74) is 0.732. The van der Waals surface area contributed by atoms with Gasteiger partial charge in [-0.3, -0.25) is 0 Å². The third-order valence-electron chi connectivity index (χ3n) is 1.90. The summed E-state index contributed by atoms with van der Waals surface area (Å²) >= 11 is 0. The number of esters is 2. The molecule has 0 radical (unpaired) electrons. The maximum absolute atomic E-state index is 11.2. The Hall–Kier alpha value is -1.64. The van der Waals surface area contributed by atoms with Crippen molar-refractivity contribution in [1.82, 2.24) is 0 Å². The quantitative estimate of drug-likeness (QED) is 0.290. The van der Waals surface area contributed by atoms with Crippen LogP contribution in [0.25, 0.3) is 0 Å². The van der Waals surface area contributed by atoms with Crippen molar-refractivity contribution in [1.29, 1.82) is 0 Å². The fraction of sp³-hybridized carbons (Fsp3) is 0.273. The van der Waals surface area contributed by atoms with Crippen LogP contribution in [-0.4, -0.2) is 11.9 Å². The second-order valence-corrected chi connectivity index (χ2v) is 2.80. The molecule has 0 aromatic carbocycles. The summed E-state index contributed by atoms with van der Waals surface area (Å²) in [6.07, 6.45) is 7.70. The van der Waals surface area contributed by atoms with Crippen molar-refractivity contribution in [2.24, 2.45) is 0 Å². The van der Waals surface area contributed by atoms with E-state index in [9.17, 15) is 9.59 Å². The average Bonchev–Trinajstić information content (AvgIpc) is 2.42. The molecular weight excluding hydrogens is 180 g/mol. The topological polar surface area (TPSA) is 43.4 Å². The summed E-state index contributed by atoms with van der Waals surface area (Å²) in [5.74, 6) is -1.10. The van der Waals surface area contributed by atoms with Crippen LogP contribution in [0.5, 0.6) is 0 Å². The molecule has 0 spiro atoms. The lowest BCUT2D eigenvalue weighted by Crippen LogP contribution is -1.96. The van der Waals surface area contributed by atoms with Crippen LogP contribution in [0.3, 0.4) is 0 Å². The van der Waals surface area contributed by atoms with E-state index >= 15 is 0 Å². The molecule has 1 aliphatic rings. The van der Waals surface area contributed by atoms with Gasteiger partial charge in [-0.25, -0.2) is 9.59 Å². The Morgan fingerprint density at radius 2 is 1.79 bits per heavy atom. The average molecular weight is 192 g/mol. The van der Waals surface area contributed by atoms with Crippen LogP contribution in [0.15, 0.2) is 35.5 Å². The van der Waals surface area contributed by atoms with E-state index < -0.39 is 11.9 Å². The first-order valence-corrected chi connectivity index (χ1v) is 4.45. The summed E-state index contributed by atoms with van der Waals surface area (Å²) in [7, 11) is 0. The second kappa shape index (κ2) is 4.56. The standard InChI is InChI=1S/C11H12O3/c1-3-5-6-7-9-8(4-2)10(12)14-11(9)13/h3-5,7H,6H2,1-2H3/b5-3?,8-4+,9-7+. The van der Waals surface area contributed by atoms with E-state index in [-0.39, 0.29) is 0 Å². The number of carbonyl (C=O) groups is 2. The van der Waals surface area contributed by atoms with Crippen molar-refractivity contribution in [3.63, 3.8) is 0 Å². The van der Waals surface area contributed by atoms with Crippen molar-refractivity contribution in [2.75, 3.05) is 0 Å². The van der Waals surface area contributed by atoms with Gasteiger partial charge in [0.1, 0.15) is 0 Å². The lowest BCUT2D eigenvalue weighted by Gasteiger charge is -1.90. The van der Waals surface area contributed by atoms with Gasteiger partial charge in [-0.15, -0.1) is 0 Å². The number of allylic oxidation sites excluding steroid dienone is 4. The molecule has 3 heteroatoms. The first-order valence-electron chi connectivity index (χ1n) is 4.45. The Labute approximate surface area is 82.8 Å². The molecule has 0 N–H and O–H groups in total. The molecular formula is C11H12O3. The number of ether oxygens (including phenoxy) is 1. The molecule has 1 heterocycles. The number of hydrogen-bond acceptors (Lipinski definition) is 3. The van der Waals surface area contributed by atoms with Gasteiger partial charge in [0.2, 0.25) is 0 Å². The van der Waals surface area contributed by atoms with Crippen LogP contribution >= 0.6 is 0 Å². The molecule has 0 atom stereocenters. The van der Waals surface area contributed by atoms with E-state index in [1.807, 2.05) is 19.1 Å². The van der Waals surface area contributed by atoms with Gasteiger partial charge in [-0.05, 0) is 20.3 Å². The molecule has 14 heavy (non-hydrogen) atoms. The molecule has 0 aromatic heterocycles. The van der Waals surface area contributed by atoms with Gasteiger partial charge in [0.25, 0.3) is 0 Å². The number of rotatable bonds is 2. The summed E-state index contributed by atoms with van der Waals surface area (Å²) < 4.78 is 4.47. The summed E-state index contributed by atoms with van der Waals surface area (Å²) in [6.45, 7) is 3.60. The van der Waals surface area contributed by atoms with Crippen LogP contribution in [0.4, 0.5) is 0 Å². The Kier molecular flexibility index (Phi) is 3.40. The molecule has 1 saturated heterocycles. The second-order valence-electron chi connectivity index (χ2n) is 2.80. The summed E-state index contributed by atoms with van der Waals surface area (Å²) in [4.78, 5) is 22.3. The fourth-order valence-corrected chi connectivity index (χ4v) is 1.20. The molecule has 1 fully saturated rings. The molecule has 0 saturated carbocycles. The van der Waals surface area contributed by atoms with Crippen molar-refractivity contribution in [2.45, 2.75) is 20.3 Å². The molecule has 74 valence electrons. The van der Waals surface area contributed by atoms with Crippen LogP contribution in [0.2, 0.25) is 0 Å². The zero-order valence-corrected chi connectivity index (χ0v) is 8.24. The predicted molar refractivity (Wildman–Crippen MR) is 52.4 cm³/mol. The first-order chi connectivity index (χ1) is 6.70. The Morgan fingerprint density at radius 1 is 1.14 bits per heavy atom. The highest BCUT2D eigenvalue weighted by Gasteiger charge is 2.31. The third kappa shape index (κ3) is 1.99. The normalized spacial score (nSPS) is 22.7. The van der Waals surface area contributed by atoms with E-state index in [1.54, 1.807) is 19.1 Å². The maximum atomic E-state index is 11.2. The van der Waals surface area contributed by atoms with Gasteiger partial charge in [0.05, 0.1) is 11.1 Å². The monoisotopic (exact) mass is 192 g/mol. The predicted octanol–water partition coefficient (Wildman–Crippen LogP) is 1.91. The van der Waals surface area contributed by atoms with E-state index in [4.69, 9.17) is 0 Å². The summed E-state index contributed by atoms with van der Waals surface area (Å²) in [5, 5.41) is 0. The molecule has 0 unspecified atom stereocenters. The molecule has 3 nitrogen and oxygen atoms in total. The highest BCUT2D eigenvalue weighted by Crippen LogP contribution is 2.22. The largest absolute Gasteiger partial charge is 0.386 e. The van der Waals surface area contributed by atoms with Gasteiger partial charge in [0, 0.05) is 0 Å². The van der Waals surface area contributed by atoms with Crippen molar-refractivity contribution in [3.05, 3.63) is 35.5 Å². The fourth-order valence-electron chi connectivity index (χ4n) is 1.20. The lowest BCUT2D eigenvalue weighted by atomic mass is 10.1.